The Labute approximate surface area is 130 Å². The van der Waals surface area contributed by atoms with Crippen molar-refractivity contribution in [3.8, 4) is 0 Å². The summed E-state index contributed by atoms with van der Waals surface area (Å²) in [6, 6.07) is 13.5. The summed E-state index contributed by atoms with van der Waals surface area (Å²) in [6.07, 6.45) is 1.01. The Morgan fingerprint density at radius 2 is 1.76 bits per heavy atom. The van der Waals surface area contributed by atoms with E-state index in [2.05, 4.69) is 29.7 Å². The number of carbonyl (C=O) groups is 1. The van der Waals surface area contributed by atoms with Gasteiger partial charge in [0.1, 0.15) is 0 Å². The van der Waals surface area contributed by atoms with E-state index in [4.69, 9.17) is 11.6 Å². The van der Waals surface area contributed by atoms with E-state index in [1.807, 2.05) is 12.1 Å². The molecule has 4 heteroatoms. The summed E-state index contributed by atoms with van der Waals surface area (Å²) in [7, 11) is 1.78. The molecule has 110 valence electrons. The fourth-order valence-corrected chi connectivity index (χ4v) is 2.26. The molecule has 0 aliphatic carbocycles. The average molecular weight is 303 g/mol. The smallest absolute Gasteiger partial charge is 0.253 e. The van der Waals surface area contributed by atoms with Gasteiger partial charge in [-0.15, -0.1) is 0 Å². The molecule has 21 heavy (non-hydrogen) atoms. The maximum absolute atomic E-state index is 12.3. The van der Waals surface area contributed by atoms with E-state index in [0.29, 0.717) is 17.1 Å². The van der Waals surface area contributed by atoms with Crippen molar-refractivity contribution in [2.24, 2.45) is 0 Å². The third kappa shape index (κ3) is 3.99. The molecule has 0 fully saturated rings. The van der Waals surface area contributed by atoms with Gasteiger partial charge in [0.05, 0.1) is 5.56 Å². The van der Waals surface area contributed by atoms with Crippen molar-refractivity contribution in [3.63, 3.8) is 0 Å². The van der Waals surface area contributed by atoms with E-state index in [-0.39, 0.29) is 5.91 Å². The van der Waals surface area contributed by atoms with Gasteiger partial charge in [-0.1, -0.05) is 42.8 Å². The number of halogens is 1. The van der Waals surface area contributed by atoms with Gasteiger partial charge < -0.3 is 10.6 Å². The Hall–Kier alpha value is -2.00. The van der Waals surface area contributed by atoms with Crippen molar-refractivity contribution < 1.29 is 4.79 Å². The number of carbonyl (C=O) groups excluding carboxylic acids is 1. The molecule has 0 unspecified atom stereocenters. The predicted octanol–water partition coefficient (Wildman–Crippen LogP) is 3.87. The molecule has 2 aromatic carbocycles. The minimum absolute atomic E-state index is 0.138. The zero-order valence-corrected chi connectivity index (χ0v) is 13.0. The first kappa shape index (κ1) is 15.4. The Kier molecular flexibility index (Phi) is 5.23. The van der Waals surface area contributed by atoms with E-state index in [1.165, 1.54) is 5.56 Å². The van der Waals surface area contributed by atoms with Gasteiger partial charge >= 0.3 is 0 Å². The van der Waals surface area contributed by atoms with E-state index >= 15 is 0 Å². The summed E-state index contributed by atoms with van der Waals surface area (Å²) in [5, 5.41) is 6.46. The van der Waals surface area contributed by atoms with Crippen LogP contribution in [0.3, 0.4) is 0 Å². The fourth-order valence-electron chi connectivity index (χ4n) is 2.09. The lowest BCUT2D eigenvalue weighted by Crippen LogP contribution is -2.23. The topological polar surface area (TPSA) is 41.1 Å². The Balaban J connectivity index is 2.05. The van der Waals surface area contributed by atoms with E-state index < -0.39 is 0 Å². The number of hydrogen-bond donors (Lipinski definition) is 2. The minimum Gasteiger partial charge on any atom is -0.387 e. The number of anilines is 1. The molecule has 0 aromatic heterocycles. The van der Waals surface area contributed by atoms with Crippen molar-refractivity contribution in [1.29, 1.82) is 0 Å². The van der Waals surface area contributed by atoms with Crippen LogP contribution in [0.15, 0.2) is 42.5 Å². The van der Waals surface area contributed by atoms with Gasteiger partial charge in [0.2, 0.25) is 0 Å². The maximum atomic E-state index is 12.3. The molecule has 1 amide bonds. The summed E-state index contributed by atoms with van der Waals surface area (Å²) in [4.78, 5) is 12.3. The first-order valence-corrected chi connectivity index (χ1v) is 7.35. The second-order valence-corrected chi connectivity index (χ2v) is 5.23. The lowest BCUT2D eigenvalue weighted by molar-refractivity contribution is 0.0951. The van der Waals surface area contributed by atoms with Crippen LogP contribution in [0.4, 0.5) is 5.69 Å². The van der Waals surface area contributed by atoms with Crippen LogP contribution in [0.2, 0.25) is 5.02 Å². The Bertz CT molecular complexity index is 623. The van der Waals surface area contributed by atoms with Gasteiger partial charge in [-0.25, -0.2) is 0 Å². The van der Waals surface area contributed by atoms with Crippen LogP contribution in [0.25, 0.3) is 0 Å². The molecule has 2 rings (SSSR count). The molecular weight excluding hydrogens is 284 g/mol. The van der Waals surface area contributed by atoms with E-state index in [9.17, 15) is 4.79 Å². The molecular formula is C17H19ClN2O. The molecule has 0 saturated carbocycles. The van der Waals surface area contributed by atoms with Crippen LogP contribution in [-0.4, -0.2) is 13.0 Å². The first-order valence-electron chi connectivity index (χ1n) is 6.97. The molecule has 0 saturated heterocycles. The van der Waals surface area contributed by atoms with Crippen LogP contribution in [0, 0.1) is 0 Å². The van der Waals surface area contributed by atoms with Gasteiger partial charge in [-0.3, -0.25) is 4.79 Å². The molecule has 0 atom stereocenters. The number of aryl methyl sites for hydroxylation is 1. The standard InChI is InChI=1S/C17H19ClN2O/c1-3-12-4-6-13(7-5-12)11-20-17(21)15-10-14(18)8-9-16(15)19-2/h4-10,19H,3,11H2,1-2H3,(H,20,21). The number of nitrogens with one attached hydrogen (secondary N) is 2. The molecule has 0 aliphatic rings. The minimum atomic E-state index is -0.138. The molecule has 2 N–H and O–H groups in total. The van der Waals surface area contributed by atoms with Gasteiger partial charge in [0.25, 0.3) is 5.91 Å². The predicted molar refractivity (Wildman–Crippen MR) is 88.0 cm³/mol. The molecule has 0 aliphatic heterocycles. The highest BCUT2D eigenvalue weighted by Crippen LogP contribution is 2.20. The molecule has 0 spiro atoms. The summed E-state index contributed by atoms with van der Waals surface area (Å²) in [6.45, 7) is 2.62. The van der Waals surface area contributed by atoms with Gasteiger partial charge in [-0.2, -0.15) is 0 Å². The second-order valence-electron chi connectivity index (χ2n) is 4.79. The van der Waals surface area contributed by atoms with E-state index in [1.54, 1.807) is 25.2 Å². The largest absolute Gasteiger partial charge is 0.387 e. The third-order valence-corrected chi connectivity index (χ3v) is 3.61. The highest BCUT2D eigenvalue weighted by molar-refractivity contribution is 6.31. The lowest BCUT2D eigenvalue weighted by Gasteiger charge is -2.10. The monoisotopic (exact) mass is 302 g/mol. The van der Waals surface area contributed by atoms with Crippen molar-refractivity contribution in [2.45, 2.75) is 19.9 Å². The normalized spacial score (nSPS) is 10.2. The second kappa shape index (κ2) is 7.14. The number of rotatable bonds is 5. The maximum Gasteiger partial charge on any atom is 0.253 e. The van der Waals surface area contributed by atoms with E-state index in [0.717, 1.165) is 17.7 Å². The fraction of sp³-hybridized carbons (Fsp3) is 0.235. The number of benzene rings is 2. The van der Waals surface area contributed by atoms with Gasteiger partial charge in [0.15, 0.2) is 0 Å². The highest BCUT2D eigenvalue weighted by atomic mass is 35.5. The lowest BCUT2D eigenvalue weighted by atomic mass is 10.1. The number of hydrogen-bond acceptors (Lipinski definition) is 2. The summed E-state index contributed by atoms with van der Waals surface area (Å²) < 4.78 is 0. The SMILES string of the molecule is CCc1ccc(CNC(=O)c2cc(Cl)ccc2NC)cc1. The summed E-state index contributed by atoms with van der Waals surface area (Å²) in [5.74, 6) is -0.138. The summed E-state index contributed by atoms with van der Waals surface area (Å²) >= 11 is 5.96. The van der Waals surface area contributed by atoms with Gasteiger partial charge in [-0.05, 0) is 35.7 Å². The quantitative estimate of drug-likeness (QED) is 0.880. The van der Waals surface area contributed by atoms with Crippen molar-refractivity contribution in [2.75, 3.05) is 12.4 Å². The molecule has 3 nitrogen and oxygen atoms in total. The third-order valence-electron chi connectivity index (χ3n) is 3.38. The Morgan fingerprint density at radius 1 is 1.10 bits per heavy atom. The zero-order valence-electron chi connectivity index (χ0n) is 12.2. The van der Waals surface area contributed by atoms with Crippen LogP contribution >= 0.6 is 11.6 Å². The van der Waals surface area contributed by atoms with Crippen molar-refractivity contribution in [3.05, 3.63) is 64.2 Å². The van der Waals surface area contributed by atoms with Gasteiger partial charge in [0, 0.05) is 24.3 Å². The Morgan fingerprint density at radius 3 is 2.38 bits per heavy atom. The highest BCUT2D eigenvalue weighted by Gasteiger charge is 2.11. The molecule has 0 heterocycles. The molecule has 0 bridgehead atoms. The number of amides is 1. The summed E-state index contributed by atoms with van der Waals surface area (Å²) in [5.41, 5.74) is 3.68. The van der Waals surface area contributed by atoms with Crippen LogP contribution < -0.4 is 10.6 Å². The molecule has 0 radical (unpaired) electrons. The molecule has 2 aromatic rings. The first-order chi connectivity index (χ1) is 10.1. The van der Waals surface area contributed by atoms with Crippen LogP contribution in [0.5, 0.6) is 0 Å². The van der Waals surface area contributed by atoms with Crippen molar-refractivity contribution >= 4 is 23.2 Å². The van der Waals surface area contributed by atoms with Crippen molar-refractivity contribution in [1.82, 2.24) is 5.32 Å². The van der Waals surface area contributed by atoms with Crippen LogP contribution in [0.1, 0.15) is 28.4 Å². The van der Waals surface area contributed by atoms with Crippen LogP contribution in [-0.2, 0) is 13.0 Å². The average Bonchev–Trinajstić information content (AvgIpc) is 2.53. The zero-order chi connectivity index (χ0) is 15.2.